The zero-order valence-corrected chi connectivity index (χ0v) is 20.5. The molecule has 2 N–H and O–H groups in total. The average Bonchev–Trinajstić information content (AvgIpc) is 2.83. The predicted octanol–water partition coefficient (Wildman–Crippen LogP) is 3.37. The third-order valence-corrected chi connectivity index (χ3v) is 6.75. The number of rotatable bonds is 11. The van der Waals surface area contributed by atoms with E-state index in [0.717, 1.165) is 24.0 Å². The fourth-order valence-corrected chi connectivity index (χ4v) is 4.75. The summed E-state index contributed by atoms with van der Waals surface area (Å²) in [5, 5.41) is 10.5. The Kier molecular flexibility index (Phi) is 8.38. The van der Waals surface area contributed by atoms with Crippen molar-refractivity contribution < 1.29 is 13.5 Å². The zero-order valence-electron chi connectivity index (χ0n) is 19.7. The fraction of sp³-hybridized carbons (Fsp3) is 0.417. The molecule has 0 unspecified atom stereocenters. The van der Waals surface area contributed by atoms with Gasteiger partial charge in [-0.3, -0.25) is 14.1 Å². The molecule has 0 fully saturated rings. The van der Waals surface area contributed by atoms with Crippen LogP contribution in [-0.2, 0) is 22.9 Å². The van der Waals surface area contributed by atoms with E-state index in [0.29, 0.717) is 24.5 Å². The van der Waals surface area contributed by atoms with Crippen LogP contribution < -0.4 is 10.3 Å². The highest BCUT2D eigenvalue weighted by molar-refractivity contribution is 7.92. The summed E-state index contributed by atoms with van der Waals surface area (Å²) in [5.41, 5.74) is 0.708. The van der Waals surface area contributed by atoms with Crippen molar-refractivity contribution in [3.8, 4) is 5.88 Å². The standard InChI is InChI=1S/C24H31N5O4S/c1-4-6-12-21-27-23(30)22(24(31)29(21)19(5-2)18-10-8-7-9-11-18)28-34(32,33)14-13-20-25-15-17(3)16-26-20/h7-11,15-16,19,28,30H,4-6,12-14H2,1-3H3/t19-/m0/s1. The minimum atomic E-state index is -3.97. The molecule has 34 heavy (non-hydrogen) atoms. The number of unbranched alkanes of at least 4 members (excludes halogenated alkanes) is 1. The largest absolute Gasteiger partial charge is 0.492 e. The summed E-state index contributed by atoms with van der Waals surface area (Å²) in [4.78, 5) is 26.0. The van der Waals surface area contributed by atoms with Gasteiger partial charge >= 0.3 is 0 Å². The number of anilines is 1. The SMILES string of the molecule is CCCCc1nc(O)c(NS(=O)(=O)CCc2ncc(C)cn2)c(=O)n1[C@@H](CC)c1ccccc1. The predicted molar refractivity (Wildman–Crippen MR) is 132 cm³/mol. The molecule has 0 spiro atoms. The lowest BCUT2D eigenvalue weighted by atomic mass is 10.0. The van der Waals surface area contributed by atoms with Crippen LogP contribution in [0.2, 0.25) is 0 Å². The number of sulfonamides is 1. The number of benzene rings is 1. The van der Waals surface area contributed by atoms with Gasteiger partial charge in [-0.2, -0.15) is 4.98 Å². The Morgan fingerprint density at radius 2 is 1.76 bits per heavy atom. The van der Waals surface area contributed by atoms with Crippen molar-refractivity contribution in [2.45, 2.75) is 58.9 Å². The summed E-state index contributed by atoms with van der Waals surface area (Å²) in [6.45, 7) is 5.81. The Balaban J connectivity index is 1.98. The maximum Gasteiger partial charge on any atom is 0.282 e. The highest BCUT2D eigenvalue weighted by atomic mass is 32.2. The van der Waals surface area contributed by atoms with Gasteiger partial charge in [0.25, 0.3) is 5.56 Å². The summed E-state index contributed by atoms with van der Waals surface area (Å²) in [6, 6.07) is 9.16. The topological polar surface area (TPSA) is 127 Å². The lowest BCUT2D eigenvalue weighted by molar-refractivity contribution is 0.432. The Labute approximate surface area is 200 Å². The van der Waals surface area contributed by atoms with Crippen molar-refractivity contribution in [3.63, 3.8) is 0 Å². The van der Waals surface area contributed by atoms with Gasteiger partial charge in [0.2, 0.25) is 15.9 Å². The van der Waals surface area contributed by atoms with Gasteiger partial charge in [0, 0.05) is 25.2 Å². The first-order valence-electron chi connectivity index (χ1n) is 11.4. The molecule has 182 valence electrons. The first-order chi connectivity index (χ1) is 16.3. The van der Waals surface area contributed by atoms with Crippen molar-refractivity contribution in [2.75, 3.05) is 10.5 Å². The van der Waals surface area contributed by atoms with Crippen molar-refractivity contribution in [1.82, 2.24) is 19.5 Å². The van der Waals surface area contributed by atoms with Gasteiger partial charge in [-0.25, -0.2) is 18.4 Å². The van der Waals surface area contributed by atoms with Gasteiger partial charge in [-0.1, -0.05) is 50.6 Å². The van der Waals surface area contributed by atoms with Gasteiger partial charge in [-0.05, 0) is 30.9 Å². The molecule has 0 aliphatic heterocycles. The van der Waals surface area contributed by atoms with E-state index in [9.17, 15) is 18.3 Å². The van der Waals surface area contributed by atoms with E-state index >= 15 is 0 Å². The van der Waals surface area contributed by atoms with E-state index < -0.39 is 27.1 Å². The van der Waals surface area contributed by atoms with Gasteiger partial charge in [0.1, 0.15) is 11.6 Å². The molecule has 0 radical (unpaired) electrons. The normalized spacial score (nSPS) is 12.4. The lowest BCUT2D eigenvalue weighted by Gasteiger charge is -2.23. The van der Waals surface area contributed by atoms with Crippen LogP contribution in [-0.4, -0.2) is 38.8 Å². The molecule has 2 aromatic heterocycles. The van der Waals surface area contributed by atoms with Gasteiger partial charge in [0.15, 0.2) is 5.69 Å². The molecule has 1 atom stereocenters. The monoisotopic (exact) mass is 485 g/mol. The van der Waals surface area contributed by atoms with Crippen LogP contribution in [0.1, 0.15) is 61.9 Å². The summed E-state index contributed by atoms with van der Waals surface area (Å²) in [5.74, 6) is -0.162. The molecule has 3 rings (SSSR count). The Morgan fingerprint density at radius 3 is 2.38 bits per heavy atom. The minimum absolute atomic E-state index is 0.0637. The van der Waals surface area contributed by atoms with Crippen LogP contribution in [0.4, 0.5) is 5.69 Å². The summed E-state index contributed by atoms with van der Waals surface area (Å²) < 4.78 is 29.3. The lowest BCUT2D eigenvalue weighted by Crippen LogP contribution is -2.33. The smallest absolute Gasteiger partial charge is 0.282 e. The molecule has 3 aromatic rings. The van der Waals surface area contributed by atoms with Crippen molar-refractivity contribution in [3.05, 3.63) is 75.9 Å². The molecular weight excluding hydrogens is 454 g/mol. The highest BCUT2D eigenvalue weighted by Gasteiger charge is 2.25. The van der Waals surface area contributed by atoms with Gasteiger partial charge in [-0.15, -0.1) is 0 Å². The van der Waals surface area contributed by atoms with Gasteiger partial charge < -0.3 is 5.11 Å². The van der Waals surface area contributed by atoms with Crippen LogP contribution in [0.5, 0.6) is 5.88 Å². The number of aryl methyl sites for hydroxylation is 3. The zero-order chi connectivity index (χ0) is 24.7. The second kappa shape index (κ2) is 11.2. The Hall–Kier alpha value is -3.27. The van der Waals surface area contributed by atoms with Crippen molar-refractivity contribution in [1.29, 1.82) is 0 Å². The van der Waals surface area contributed by atoms with Crippen LogP contribution in [0.3, 0.4) is 0 Å². The molecule has 1 aromatic carbocycles. The van der Waals surface area contributed by atoms with Crippen molar-refractivity contribution in [2.24, 2.45) is 0 Å². The number of hydrogen-bond acceptors (Lipinski definition) is 7. The number of nitrogens with zero attached hydrogens (tertiary/aromatic N) is 4. The second-order valence-corrected chi connectivity index (χ2v) is 10.0. The second-order valence-electron chi connectivity index (χ2n) is 8.19. The van der Waals surface area contributed by atoms with E-state index in [2.05, 4.69) is 19.7 Å². The Bertz CT molecular complexity index is 1260. The first kappa shape index (κ1) is 25.4. The highest BCUT2D eigenvalue weighted by Crippen LogP contribution is 2.26. The fourth-order valence-electron chi connectivity index (χ4n) is 3.71. The van der Waals surface area contributed by atoms with Gasteiger partial charge in [0.05, 0.1) is 11.8 Å². The van der Waals surface area contributed by atoms with E-state index in [4.69, 9.17) is 0 Å². The van der Waals surface area contributed by atoms with E-state index in [1.165, 1.54) is 4.57 Å². The molecule has 9 nitrogen and oxygen atoms in total. The van der Waals surface area contributed by atoms with E-state index in [1.54, 1.807) is 12.4 Å². The first-order valence-corrected chi connectivity index (χ1v) is 13.1. The van der Waals surface area contributed by atoms with Crippen LogP contribution in [0.15, 0.2) is 47.5 Å². The number of hydrogen-bond donors (Lipinski definition) is 2. The number of aromatic hydroxyl groups is 1. The summed E-state index contributed by atoms with van der Waals surface area (Å²) >= 11 is 0. The maximum absolute atomic E-state index is 13.5. The molecule has 0 aliphatic carbocycles. The molecule has 10 heteroatoms. The van der Waals surface area contributed by atoms with Crippen LogP contribution in [0, 0.1) is 6.92 Å². The third-order valence-electron chi connectivity index (χ3n) is 5.49. The number of aromatic nitrogens is 4. The minimum Gasteiger partial charge on any atom is -0.492 e. The molecular formula is C24H31N5O4S. The van der Waals surface area contributed by atoms with E-state index in [-0.39, 0.29) is 18.2 Å². The molecule has 0 saturated carbocycles. The maximum atomic E-state index is 13.5. The third kappa shape index (κ3) is 6.19. The molecule has 0 aliphatic rings. The molecule has 0 amide bonds. The summed E-state index contributed by atoms with van der Waals surface area (Å²) in [7, 11) is -3.97. The number of nitrogens with one attached hydrogen (secondary N) is 1. The average molecular weight is 486 g/mol. The summed E-state index contributed by atoms with van der Waals surface area (Å²) in [6.07, 6.45) is 6.02. The Morgan fingerprint density at radius 1 is 1.09 bits per heavy atom. The van der Waals surface area contributed by atoms with Crippen LogP contribution >= 0.6 is 0 Å². The molecule has 0 bridgehead atoms. The van der Waals surface area contributed by atoms with Crippen LogP contribution in [0.25, 0.3) is 0 Å². The molecule has 0 saturated heterocycles. The van der Waals surface area contributed by atoms with Crippen molar-refractivity contribution >= 4 is 15.7 Å². The quantitative estimate of drug-likeness (QED) is 0.426. The van der Waals surface area contributed by atoms with E-state index in [1.807, 2.05) is 51.1 Å². The molecule has 2 heterocycles.